The fourth-order valence-corrected chi connectivity index (χ4v) is 1.86. The van der Waals surface area contributed by atoms with Gasteiger partial charge < -0.3 is 9.64 Å². The molecule has 1 aromatic heterocycles. The Balaban J connectivity index is 2.70. The molecule has 0 N–H and O–H groups in total. The lowest BCUT2D eigenvalue weighted by Crippen LogP contribution is -2.21. The van der Waals surface area contributed by atoms with Gasteiger partial charge in [-0.15, -0.1) is 0 Å². The summed E-state index contributed by atoms with van der Waals surface area (Å²) < 4.78 is 4.96. The van der Waals surface area contributed by atoms with Crippen LogP contribution in [0.1, 0.15) is 15.4 Å². The van der Waals surface area contributed by atoms with Crippen molar-refractivity contribution < 1.29 is 9.53 Å². The van der Waals surface area contributed by atoms with Crippen molar-refractivity contribution in [2.75, 3.05) is 32.2 Å². The maximum Gasteiger partial charge on any atom is 0.186 e. The summed E-state index contributed by atoms with van der Waals surface area (Å²) in [5.41, 5.74) is 0.796. The van der Waals surface area contributed by atoms with Crippen molar-refractivity contribution in [2.45, 2.75) is 6.92 Å². The first-order valence-corrected chi connectivity index (χ1v) is 5.13. The standard InChI is InChI=1S/C9H14N2O2S/c1-7-8(6-12)14-9(10-7)11(2)4-5-13-3/h6H,4-5H2,1-3H3. The number of anilines is 1. The summed E-state index contributed by atoms with van der Waals surface area (Å²) in [6, 6.07) is 0. The van der Waals surface area contributed by atoms with Crippen LogP contribution in [0.2, 0.25) is 0 Å². The van der Waals surface area contributed by atoms with E-state index in [2.05, 4.69) is 4.98 Å². The van der Waals surface area contributed by atoms with Crippen LogP contribution in [0.4, 0.5) is 5.13 Å². The van der Waals surface area contributed by atoms with Crippen LogP contribution in [0.25, 0.3) is 0 Å². The molecule has 1 aromatic rings. The van der Waals surface area contributed by atoms with Crippen LogP contribution < -0.4 is 4.90 Å². The van der Waals surface area contributed by atoms with E-state index < -0.39 is 0 Å². The van der Waals surface area contributed by atoms with Gasteiger partial charge in [-0.2, -0.15) is 0 Å². The molecule has 0 fully saturated rings. The smallest absolute Gasteiger partial charge is 0.186 e. The number of carbonyl (C=O) groups is 1. The van der Waals surface area contributed by atoms with Gasteiger partial charge in [-0.3, -0.25) is 4.79 Å². The number of carbonyl (C=O) groups excluding carboxylic acids is 1. The van der Waals surface area contributed by atoms with E-state index in [1.807, 2.05) is 18.9 Å². The molecule has 0 radical (unpaired) electrons. The van der Waals surface area contributed by atoms with Crippen molar-refractivity contribution >= 4 is 22.8 Å². The summed E-state index contributed by atoms with van der Waals surface area (Å²) in [5.74, 6) is 0. The first kappa shape index (κ1) is 11.1. The zero-order chi connectivity index (χ0) is 10.6. The van der Waals surface area contributed by atoms with E-state index in [4.69, 9.17) is 4.74 Å². The Hall–Kier alpha value is -0.940. The Kier molecular flexibility index (Phi) is 4.03. The van der Waals surface area contributed by atoms with Gasteiger partial charge in [0.15, 0.2) is 11.4 Å². The maximum absolute atomic E-state index is 10.6. The highest BCUT2D eigenvalue weighted by atomic mass is 32.1. The van der Waals surface area contributed by atoms with Crippen molar-refractivity contribution in [3.63, 3.8) is 0 Å². The van der Waals surface area contributed by atoms with Crippen LogP contribution >= 0.6 is 11.3 Å². The second kappa shape index (κ2) is 5.07. The van der Waals surface area contributed by atoms with Crippen LogP contribution in [0, 0.1) is 6.92 Å². The van der Waals surface area contributed by atoms with Gasteiger partial charge in [-0.05, 0) is 6.92 Å². The van der Waals surface area contributed by atoms with Gasteiger partial charge in [-0.1, -0.05) is 11.3 Å². The summed E-state index contributed by atoms with van der Waals surface area (Å²) in [5, 5.41) is 0.863. The number of aldehydes is 1. The monoisotopic (exact) mass is 214 g/mol. The van der Waals surface area contributed by atoms with Crippen LogP contribution in [-0.2, 0) is 4.74 Å². The van der Waals surface area contributed by atoms with E-state index in [1.165, 1.54) is 11.3 Å². The number of aryl methyl sites for hydroxylation is 1. The molecule has 0 spiro atoms. The van der Waals surface area contributed by atoms with Gasteiger partial charge in [0.05, 0.1) is 17.2 Å². The third-order valence-electron chi connectivity index (χ3n) is 1.89. The van der Waals surface area contributed by atoms with E-state index in [1.54, 1.807) is 7.11 Å². The highest BCUT2D eigenvalue weighted by molar-refractivity contribution is 7.17. The molecule has 0 aromatic carbocycles. The molecule has 0 saturated heterocycles. The minimum atomic E-state index is 0.658. The molecule has 78 valence electrons. The number of nitrogens with zero attached hydrogens (tertiary/aromatic N) is 2. The molecule has 14 heavy (non-hydrogen) atoms. The topological polar surface area (TPSA) is 42.4 Å². The molecule has 0 aliphatic carbocycles. The number of methoxy groups -OCH3 is 1. The van der Waals surface area contributed by atoms with Crippen molar-refractivity contribution in [1.29, 1.82) is 0 Å². The summed E-state index contributed by atoms with van der Waals surface area (Å²) in [7, 11) is 3.60. The summed E-state index contributed by atoms with van der Waals surface area (Å²) in [4.78, 5) is 17.6. The molecule has 1 heterocycles. The lowest BCUT2D eigenvalue weighted by atomic mass is 10.4. The zero-order valence-corrected chi connectivity index (χ0v) is 9.43. The molecule has 0 saturated carbocycles. The Labute approximate surface area is 87.5 Å². The minimum Gasteiger partial charge on any atom is -0.383 e. The van der Waals surface area contributed by atoms with Crippen molar-refractivity contribution in [3.05, 3.63) is 10.6 Å². The normalized spacial score (nSPS) is 10.2. The number of hydrogen-bond acceptors (Lipinski definition) is 5. The van der Waals surface area contributed by atoms with Crippen molar-refractivity contribution in [3.8, 4) is 0 Å². The van der Waals surface area contributed by atoms with E-state index in [0.29, 0.717) is 11.5 Å². The van der Waals surface area contributed by atoms with Crippen LogP contribution in [0.5, 0.6) is 0 Å². The first-order valence-electron chi connectivity index (χ1n) is 4.31. The summed E-state index contributed by atoms with van der Waals surface area (Å²) in [6.07, 6.45) is 0.848. The molecule has 5 heteroatoms. The van der Waals surface area contributed by atoms with Gasteiger partial charge in [0.1, 0.15) is 0 Å². The number of likely N-dealkylation sites (N-methyl/N-ethyl adjacent to an activating group) is 1. The van der Waals surface area contributed by atoms with Gasteiger partial charge >= 0.3 is 0 Å². The van der Waals surface area contributed by atoms with Crippen molar-refractivity contribution in [2.24, 2.45) is 0 Å². The average molecular weight is 214 g/mol. The SMILES string of the molecule is COCCN(C)c1nc(C)c(C=O)s1. The molecule has 0 atom stereocenters. The first-order chi connectivity index (χ1) is 6.69. The Morgan fingerprint density at radius 3 is 2.86 bits per heavy atom. The van der Waals surface area contributed by atoms with Gasteiger partial charge in [-0.25, -0.2) is 4.98 Å². The minimum absolute atomic E-state index is 0.658. The number of thiazole rings is 1. The van der Waals surface area contributed by atoms with E-state index in [9.17, 15) is 4.79 Å². The zero-order valence-electron chi connectivity index (χ0n) is 8.61. The highest BCUT2D eigenvalue weighted by Gasteiger charge is 2.09. The fraction of sp³-hybridized carbons (Fsp3) is 0.556. The molecular weight excluding hydrogens is 200 g/mol. The predicted octanol–water partition coefficient (Wildman–Crippen LogP) is 1.35. The molecule has 0 bridgehead atoms. The van der Waals surface area contributed by atoms with Gasteiger partial charge in [0.25, 0.3) is 0 Å². The lowest BCUT2D eigenvalue weighted by Gasteiger charge is -2.14. The molecule has 0 amide bonds. The molecule has 4 nitrogen and oxygen atoms in total. The molecule has 0 aliphatic heterocycles. The Morgan fingerprint density at radius 2 is 2.36 bits per heavy atom. The highest BCUT2D eigenvalue weighted by Crippen LogP contribution is 2.23. The van der Waals surface area contributed by atoms with Gasteiger partial charge in [0, 0.05) is 20.7 Å². The second-order valence-electron chi connectivity index (χ2n) is 2.98. The largest absolute Gasteiger partial charge is 0.383 e. The van der Waals surface area contributed by atoms with Crippen LogP contribution in [0.15, 0.2) is 0 Å². The van der Waals surface area contributed by atoms with Crippen LogP contribution in [0.3, 0.4) is 0 Å². The fourth-order valence-electron chi connectivity index (χ4n) is 0.990. The average Bonchev–Trinajstić information content (AvgIpc) is 2.56. The molecular formula is C9H14N2O2S. The summed E-state index contributed by atoms with van der Waals surface area (Å²) in [6.45, 7) is 3.28. The van der Waals surface area contributed by atoms with Gasteiger partial charge in [0.2, 0.25) is 0 Å². The third-order valence-corrected chi connectivity index (χ3v) is 3.08. The molecule has 0 unspecified atom stereocenters. The van der Waals surface area contributed by atoms with E-state index in [-0.39, 0.29) is 0 Å². The predicted molar refractivity (Wildman–Crippen MR) is 57.4 cm³/mol. The number of hydrogen-bond donors (Lipinski definition) is 0. The Morgan fingerprint density at radius 1 is 1.64 bits per heavy atom. The summed E-state index contributed by atoms with van der Waals surface area (Å²) >= 11 is 1.41. The second-order valence-corrected chi connectivity index (χ2v) is 3.99. The quantitative estimate of drug-likeness (QED) is 0.694. The van der Waals surface area contributed by atoms with E-state index in [0.717, 1.165) is 23.7 Å². The number of aromatic nitrogens is 1. The number of rotatable bonds is 5. The number of ether oxygens (including phenoxy) is 1. The Bertz CT molecular complexity index is 312. The molecule has 1 rings (SSSR count). The van der Waals surface area contributed by atoms with E-state index >= 15 is 0 Å². The maximum atomic E-state index is 10.6. The lowest BCUT2D eigenvalue weighted by molar-refractivity contribution is 0.112. The molecule has 0 aliphatic rings. The third kappa shape index (κ3) is 2.52. The van der Waals surface area contributed by atoms with Crippen molar-refractivity contribution in [1.82, 2.24) is 4.98 Å². The van der Waals surface area contributed by atoms with Crippen LogP contribution in [-0.4, -0.2) is 38.6 Å².